The first-order valence-electron chi connectivity index (χ1n) is 9.62. The molecule has 0 fully saturated rings. The molecule has 0 aliphatic carbocycles. The zero-order valence-corrected chi connectivity index (χ0v) is 16.4. The second-order valence-corrected chi connectivity index (χ2v) is 8.56. The molecule has 0 saturated carbocycles. The summed E-state index contributed by atoms with van der Waals surface area (Å²) in [6.45, 7) is 2.13. The first-order valence-corrected chi connectivity index (χ1v) is 10.4. The Morgan fingerprint density at radius 1 is 0.571 bits per heavy atom. The average Bonchev–Trinajstić information content (AvgIpc) is 3.13. The summed E-state index contributed by atoms with van der Waals surface area (Å²) in [5.74, 6) is 0. The molecule has 1 heteroatoms. The summed E-state index contributed by atoms with van der Waals surface area (Å²) in [6.07, 6.45) is 0. The summed E-state index contributed by atoms with van der Waals surface area (Å²) >= 11 is 1.91. The monoisotopic (exact) mass is 374 g/mol. The van der Waals surface area contributed by atoms with Crippen LogP contribution in [0.2, 0.25) is 0 Å². The summed E-state index contributed by atoms with van der Waals surface area (Å²) in [4.78, 5) is 0. The first-order chi connectivity index (χ1) is 13.8. The summed E-state index contributed by atoms with van der Waals surface area (Å²) in [6, 6.07) is 33.5. The van der Waals surface area contributed by atoms with E-state index in [1.54, 1.807) is 0 Å². The van der Waals surface area contributed by atoms with Gasteiger partial charge >= 0.3 is 0 Å². The highest BCUT2D eigenvalue weighted by Gasteiger charge is 2.11. The van der Waals surface area contributed by atoms with E-state index < -0.39 is 0 Å². The first kappa shape index (κ1) is 15.9. The molecule has 0 amide bonds. The zero-order valence-electron chi connectivity index (χ0n) is 15.6. The summed E-state index contributed by atoms with van der Waals surface area (Å²) in [5, 5.41) is 8.07. The Morgan fingerprint density at radius 3 is 2.21 bits per heavy atom. The van der Waals surface area contributed by atoms with Crippen molar-refractivity contribution < 1.29 is 0 Å². The Labute approximate surface area is 167 Å². The predicted octanol–water partition coefficient (Wildman–Crippen LogP) is 8.34. The highest BCUT2D eigenvalue weighted by molar-refractivity contribution is 7.26. The van der Waals surface area contributed by atoms with Crippen LogP contribution in [-0.2, 0) is 0 Å². The van der Waals surface area contributed by atoms with Gasteiger partial charge in [-0.15, -0.1) is 11.3 Å². The summed E-state index contributed by atoms with van der Waals surface area (Å²) < 4.78 is 2.75. The lowest BCUT2D eigenvalue weighted by Crippen LogP contribution is -1.81. The van der Waals surface area contributed by atoms with Crippen LogP contribution in [0.3, 0.4) is 0 Å². The van der Waals surface area contributed by atoms with Crippen molar-refractivity contribution in [2.75, 3.05) is 0 Å². The Morgan fingerprint density at radius 2 is 1.32 bits per heavy atom. The lowest BCUT2D eigenvalue weighted by atomic mass is 9.97. The second kappa shape index (κ2) is 5.92. The lowest BCUT2D eigenvalue weighted by Gasteiger charge is -2.06. The van der Waals surface area contributed by atoms with E-state index in [4.69, 9.17) is 0 Å². The number of hydrogen-bond donors (Lipinski definition) is 0. The van der Waals surface area contributed by atoms with E-state index in [1.807, 2.05) is 11.3 Å². The molecule has 28 heavy (non-hydrogen) atoms. The van der Waals surface area contributed by atoms with Crippen LogP contribution >= 0.6 is 11.3 Å². The van der Waals surface area contributed by atoms with E-state index >= 15 is 0 Å². The van der Waals surface area contributed by atoms with E-state index in [1.165, 1.54) is 58.4 Å². The molecule has 0 nitrogen and oxygen atoms in total. The molecule has 0 aliphatic heterocycles. The molecule has 0 atom stereocenters. The van der Waals surface area contributed by atoms with Crippen molar-refractivity contribution in [3.8, 4) is 11.1 Å². The number of thiophene rings is 1. The Bertz CT molecular complexity index is 1500. The number of hydrogen-bond acceptors (Lipinski definition) is 1. The summed E-state index contributed by atoms with van der Waals surface area (Å²) in [7, 11) is 0. The smallest absolute Gasteiger partial charge is 0.0434 e. The largest absolute Gasteiger partial charge is 0.135 e. The van der Waals surface area contributed by atoms with E-state index in [2.05, 4.69) is 97.9 Å². The molecule has 0 N–H and O–H groups in total. The highest BCUT2D eigenvalue weighted by atomic mass is 32.1. The number of rotatable bonds is 1. The van der Waals surface area contributed by atoms with Gasteiger partial charge in [0, 0.05) is 20.2 Å². The van der Waals surface area contributed by atoms with Gasteiger partial charge in [-0.1, -0.05) is 84.4 Å². The van der Waals surface area contributed by atoms with E-state index in [0.717, 1.165) is 0 Å². The van der Waals surface area contributed by atoms with E-state index in [0.29, 0.717) is 0 Å². The van der Waals surface area contributed by atoms with Crippen LogP contribution in [0.1, 0.15) is 5.56 Å². The molecule has 132 valence electrons. The van der Waals surface area contributed by atoms with Crippen LogP contribution in [0, 0.1) is 6.92 Å². The SMILES string of the molecule is Cc1ccc(-c2ccc3c(ccc4sc5c6ccccc6ccc5c43)c2)cc1. The van der Waals surface area contributed by atoms with Crippen LogP contribution in [0.5, 0.6) is 0 Å². The average molecular weight is 375 g/mol. The fraction of sp³-hybridized carbons (Fsp3) is 0.0370. The van der Waals surface area contributed by atoms with E-state index in [9.17, 15) is 0 Å². The van der Waals surface area contributed by atoms with Gasteiger partial charge in [0.05, 0.1) is 0 Å². The van der Waals surface area contributed by atoms with Gasteiger partial charge in [-0.25, -0.2) is 0 Å². The predicted molar refractivity (Wildman–Crippen MR) is 125 cm³/mol. The van der Waals surface area contributed by atoms with Gasteiger partial charge in [-0.05, 0) is 51.7 Å². The minimum Gasteiger partial charge on any atom is -0.135 e. The van der Waals surface area contributed by atoms with Crippen LogP contribution in [0.4, 0.5) is 0 Å². The van der Waals surface area contributed by atoms with Gasteiger partial charge in [-0.3, -0.25) is 0 Å². The van der Waals surface area contributed by atoms with Gasteiger partial charge < -0.3 is 0 Å². The third-order valence-corrected chi connectivity index (χ3v) is 6.93. The van der Waals surface area contributed by atoms with Gasteiger partial charge in [0.15, 0.2) is 0 Å². The second-order valence-electron chi connectivity index (χ2n) is 7.51. The number of aryl methyl sites for hydroxylation is 1. The number of fused-ring (bicyclic) bond motifs is 7. The Kier molecular flexibility index (Phi) is 3.35. The third kappa shape index (κ3) is 2.30. The maximum atomic E-state index is 2.32. The molecule has 5 aromatic carbocycles. The fourth-order valence-electron chi connectivity index (χ4n) is 4.26. The van der Waals surface area contributed by atoms with Crippen molar-refractivity contribution in [1.29, 1.82) is 0 Å². The summed E-state index contributed by atoms with van der Waals surface area (Å²) in [5.41, 5.74) is 3.84. The van der Waals surface area contributed by atoms with Gasteiger partial charge in [0.25, 0.3) is 0 Å². The minimum absolute atomic E-state index is 1.27. The van der Waals surface area contributed by atoms with Gasteiger partial charge in [0.1, 0.15) is 0 Å². The highest BCUT2D eigenvalue weighted by Crippen LogP contribution is 2.42. The quantitative estimate of drug-likeness (QED) is 0.271. The Balaban J connectivity index is 1.66. The molecular weight excluding hydrogens is 356 g/mol. The molecule has 6 aromatic rings. The van der Waals surface area contributed by atoms with Crippen molar-refractivity contribution in [3.05, 3.63) is 96.6 Å². The molecule has 0 bridgehead atoms. The molecule has 0 aliphatic rings. The molecule has 0 unspecified atom stereocenters. The maximum Gasteiger partial charge on any atom is 0.0434 e. The molecule has 1 aromatic heterocycles. The molecule has 6 rings (SSSR count). The van der Waals surface area contributed by atoms with Crippen LogP contribution in [0.15, 0.2) is 91.0 Å². The van der Waals surface area contributed by atoms with Gasteiger partial charge in [0.2, 0.25) is 0 Å². The van der Waals surface area contributed by atoms with Crippen molar-refractivity contribution >= 4 is 53.1 Å². The number of benzene rings is 5. The van der Waals surface area contributed by atoms with Crippen molar-refractivity contribution in [1.82, 2.24) is 0 Å². The lowest BCUT2D eigenvalue weighted by molar-refractivity contribution is 1.47. The fourth-order valence-corrected chi connectivity index (χ4v) is 5.51. The van der Waals surface area contributed by atoms with Crippen molar-refractivity contribution in [2.45, 2.75) is 6.92 Å². The van der Waals surface area contributed by atoms with Crippen LogP contribution < -0.4 is 0 Å². The molecule has 0 saturated heterocycles. The molecule has 0 radical (unpaired) electrons. The van der Waals surface area contributed by atoms with Crippen molar-refractivity contribution in [2.24, 2.45) is 0 Å². The van der Waals surface area contributed by atoms with Crippen LogP contribution in [-0.4, -0.2) is 0 Å². The maximum absolute atomic E-state index is 2.32. The van der Waals surface area contributed by atoms with Gasteiger partial charge in [-0.2, -0.15) is 0 Å². The zero-order chi connectivity index (χ0) is 18.7. The molecule has 0 spiro atoms. The normalized spacial score (nSPS) is 11.8. The molecule has 1 heterocycles. The van der Waals surface area contributed by atoms with Crippen LogP contribution in [0.25, 0.3) is 52.8 Å². The molecular formula is C27H18S. The topological polar surface area (TPSA) is 0 Å². The minimum atomic E-state index is 1.27. The van der Waals surface area contributed by atoms with E-state index in [-0.39, 0.29) is 0 Å². The standard InChI is InChI=1S/C27H18S/c1-17-6-8-18(9-7-17)20-11-13-22-21(16-20)12-15-25-26(22)24-14-10-19-4-2-3-5-23(19)27(24)28-25/h2-16H,1H3. The third-order valence-electron chi connectivity index (χ3n) is 5.73. The van der Waals surface area contributed by atoms with Crippen molar-refractivity contribution in [3.63, 3.8) is 0 Å². The Hall–Kier alpha value is -3.16.